The normalized spacial score (nSPS) is 60.0. The van der Waals surface area contributed by atoms with E-state index in [1.807, 2.05) is 0 Å². The fourth-order valence-electron chi connectivity index (χ4n) is 7.28. The highest BCUT2D eigenvalue weighted by molar-refractivity contribution is 5.10. The van der Waals surface area contributed by atoms with Crippen LogP contribution in [0.4, 0.5) is 0 Å². The van der Waals surface area contributed by atoms with Gasteiger partial charge in [-0.05, 0) is 79.4 Å². The number of aliphatic hydroxyl groups is 2. The van der Waals surface area contributed by atoms with Crippen molar-refractivity contribution in [1.29, 1.82) is 0 Å². The Hall–Kier alpha value is -0.0800. The molecule has 0 amide bonds. The minimum Gasteiger partial charge on any atom is -0.390 e. The number of fused-ring (bicyclic) bond motifs is 5. The van der Waals surface area contributed by atoms with Crippen molar-refractivity contribution in [2.45, 2.75) is 83.8 Å². The maximum Gasteiger partial charge on any atom is 0.0855 e. The molecule has 4 fully saturated rings. The van der Waals surface area contributed by atoms with E-state index >= 15 is 0 Å². The lowest BCUT2D eigenvalue weighted by Gasteiger charge is -2.60. The molecule has 2 heteroatoms. The largest absolute Gasteiger partial charge is 0.390 e. The van der Waals surface area contributed by atoms with Crippen LogP contribution in [0, 0.1) is 34.5 Å². The summed E-state index contributed by atoms with van der Waals surface area (Å²) >= 11 is 0. The molecule has 4 saturated carbocycles. The van der Waals surface area contributed by atoms with Crippen LogP contribution in [0.3, 0.4) is 0 Å². The maximum absolute atomic E-state index is 10.5. The number of rotatable bonds is 0. The van der Waals surface area contributed by atoms with Crippen LogP contribution in [0.25, 0.3) is 0 Å². The van der Waals surface area contributed by atoms with Gasteiger partial charge in [0.15, 0.2) is 0 Å². The molecule has 0 radical (unpaired) electrons. The zero-order chi connectivity index (χ0) is 14.8. The Balaban J connectivity index is 1.65. The third-order valence-electron chi connectivity index (χ3n) is 8.56. The average Bonchev–Trinajstić information content (AvgIpc) is 2.70. The second-order valence-corrected chi connectivity index (χ2v) is 9.20. The molecular weight excluding hydrogens is 260 g/mol. The van der Waals surface area contributed by atoms with Crippen molar-refractivity contribution in [2.24, 2.45) is 34.5 Å². The van der Waals surface area contributed by atoms with Gasteiger partial charge in [0.25, 0.3) is 0 Å². The summed E-state index contributed by atoms with van der Waals surface area (Å²) < 4.78 is 0. The topological polar surface area (TPSA) is 40.5 Å². The van der Waals surface area contributed by atoms with E-state index in [0.29, 0.717) is 11.3 Å². The third kappa shape index (κ3) is 1.84. The van der Waals surface area contributed by atoms with Crippen LogP contribution in [0.15, 0.2) is 0 Å². The fraction of sp³-hybridized carbons (Fsp3) is 1.00. The maximum atomic E-state index is 10.5. The van der Waals surface area contributed by atoms with Crippen LogP contribution in [0.2, 0.25) is 0 Å². The lowest BCUT2D eigenvalue weighted by atomic mass is 9.45. The molecule has 0 spiro atoms. The molecule has 0 aromatic carbocycles. The summed E-state index contributed by atoms with van der Waals surface area (Å²) in [5.41, 5.74) is 0.541. The molecule has 0 aliphatic heterocycles. The smallest absolute Gasteiger partial charge is 0.0855 e. The van der Waals surface area contributed by atoms with Gasteiger partial charge < -0.3 is 10.2 Å². The Morgan fingerprint density at radius 1 is 0.810 bits per heavy atom. The third-order valence-corrected chi connectivity index (χ3v) is 8.56. The summed E-state index contributed by atoms with van der Waals surface area (Å²) in [5.74, 6) is 3.12. The second-order valence-electron chi connectivity index (χ2n) is 9.20. The predicted octanol–water partition coefficient (Wildman–Crippen LogP) is 3.75. The van der Waals surface area contributed by atoms with E-state index in [4.69, 9.17) is 0 Å². The molecule has 0 aromatic heterocycles. The van der Waals surface area contributed by atoms with E-state index in [1.165, 1.54) is 44.9 Å². The van der Waals surface area contributed by atoms with Crippen LogP contribution in [0.1, 0.15) is 71.6 Å². The van der Waals surface area contributed by atoms with Crippen LogP contribution in [-0.4, -0.2) is 22.4 Å². The number of hydrogen-bond donors (Lipinski definition) is 2. The molecule has 7 unspecified atom stereocenters. The van der Waals surface area contributed by atoms with Crippen LogP contribution in [0.5, 0.6) is 0 Å². The molecule has 4 aliphatic carbocycles. The number of hydrogen-bond acceptors (Lipinski definition) is 2. The standard InChI is InChI=1S/C19H32O2/c1-18-9-4-3-5-12(18)6-7-13-14(18)8-10-19(2)15(13)11-16(20)17(19)21/h12-17,20-21H,3-11H2,1-2H3/t12-,13?,14?,15?,16?,17?,18?,19?/m1/s1. The fourth-order valence-corrected chi connectivity index (χ4v) is 7.28. The van der Waals surface area contributed by atoms with Crippen molar-refractivity contribution in [3.05, 3.63) is 0 Å². The van der Waals surface area contributed by atoms with Gasteiger partial charge in [-0.15, -0.1) is 0 Å². The molecule has 4 aliphatic rings. The zero-order valence-corrected chi connectivity index (χ0v) is 13.7. The highest BCUT2D eigenvalue weighted by atomic mass is 16.3. The van der Waals surface area contributed by atoms with E-state index in [-0.39, 0.29) is 5.41 Å². The van der Waals surface area contributed by atoms with Gasteiger partial charge in [-0.3, -0.25) is 0 Å². The van der Waals surface area contributed by atoms with Crippen molar-refractivity contribution >= 4 is 0 Å². The second kappa shape index (κ2) is 4.71. The first-order valence-electron chi connectivity index (χ1n) is 9.33. The summed E-state index contributed by atoms with van der Waals surface area (Å²) in [6.07, 6.45) is 10.8. The van der Waals surface area contributed by atoms with Crippen LogP contribution < -0.4 is 0 Å². The Morgan fingerprint density at radius 2 is 1.62 bits per heavy atom. The highest BCUT2D eigenvalue weighted by Crippen LogP contribution is 2.66. The first-order chi connectivity index (χ1) is 9.97. The van der Waals surface area contributed by atoms with Gasteiger partial charge in [0.1, 0.15) is 0 Å². The summed E-state index contributed by atoms with van der Waals surface area (Å²) in [5, 5.41) is 20.7. The summed E-state index contributed by atoms with van der Waals surface area (Å²) in [6.45, 7) is 4.84. The van der Waals surface area contributed by atoms with Crippen molar-refractivity contribution in [2.75, 3.05) is 0 Å². The summed E-state index contributed by atoms with van der Waals surface area (Å²) in [4.78, 5) is 0. The van der Waals surface area contributed by atoms with Crippen LogP contribution >= 0.6 is 0 Å². The Morgan fingerprint density at radius 3 is 2.43 bits per heavy atom. The van der Waals surface area contributed by atoms with Gasteiger partial charge in [0, 0.05) is 0 Å². The molecule has 21 heavy (non-hydrogen) atoms. The monoisotopic (exact) mass is 292 g/mol. The minimum absolute atomic E-state index is 0.0154. The zero-order valence-electron chi connectivity index (χ0n) is 13.7. The predicted molar refractivity (Wildman–Crippen MR) is 83.7 cm³/mol. The molecule has 0 heterocycles. The van der Waals surface area contributed by atoms with E-state index in [0.717, 1.165) is 30.6 Å². The van der Waals surface area contributed by atoms with Gasteiger partial charge in [-0.25, -0.2) is 0 Å². The highest BCUT2D eigenvalue weighted by Gasteiger charge is 2.61. The van der Waals surface area contributed by atoms with E-state index < -0.39 is 12.2 Å². The van der Waals surface area contributed by atoms with Gasteiger partial charge in [-0.2, -0.15) is 0 Å². The Kier molecular flexibility index (Phi) is 3.25. The quantitative estimate of drug-likeness (QED) is 0.714. The van der Waals surface area contributed by atoms with Crippen molar-refractivity contribution < 1.29 is 10.2 Å². The van der Waals surface area contributed by atoms with Gasteiger partial charge in [-0.1, -0.05) is 26.7 Å². The minimum atomic E-state index is -0.486. The first kappa shape index (κ1) is 14.5. The molecule has 2 N–H and O–H groups in total. The first-order valence-corrected chi connectivity index (χ1v) is 9.33. The van der Waals surface area contributed by atoms with Gasteiger partial charge in [0.2, 0.25) is 0 Å². The molecule has 0 saturated heterocycles. The van der Waals surface area contributed by atoms with Crippen LogP contribution in [-0.2, 0) is 0 Å². The average molecular weight is 292 g/mol. The molecule has 2 nitrogen and oxygen atoms in total. The molecular formula is C19H32O2. The molecule has 0 aromatic rings. The SMILES string of the molecule is CC12CCC3C(CC[C@H]4CCCCC34C)C1CC(O)C2O. The molecule has 4 rings (SSSR count). The van der Waals surface area contributed by atoms with Crippen molar-refractivity contribution in [1.82, 2.24) is 0 Å². The number of aliphatic hydroxyl groups excluding tert-OH is 2. The lowest BCUT2D eigenvalue weighted by molar-refractivity contribution is -0.123. The summed E-state index contributed by atoms with van der Waals surface area (Å²) in [7, 11) is 0. The molecule has 8 atom stereocenters. The lowest BCUT2D eigenvalue weighted by Crippen LogP contribution is -2.53. The van der Waals surface area contributed by atoms with Crippen molar-refractivity contribution in [3.63, 3.8) is 0 Å². The summed E-state index contributed by atoms with van der Waals surface area (Å²) in [6, 6.07) is 0. The van der Waals surface area contributed by atoms with Crippen molar-refractivity contribution in [3.8, 4) is 0 Å². The Labute approximate surface area is 129 Å². The van der Waals surface area contributed by atoms with E-state index in [1.54, 1.807) is 0 Å². The molecule has 120 valence electrons. The van der Waals surface area contributed by atoms with E-state index in [9.17, 15) is 10.2 Å². The van der Waals surface area contributed by atoms with E-state index in [2.05, 4.69) is 13.8 Å². The molecule has 0 bridgehead atoms. The Bertz CT molecular complexity index is 422. The van der Waals surface area contributed by atoms with Gasteiger partial charge >= 0.3 is 0 Å². The van der Waals surface area contributed by atoms with Gasteiger partial charge in [0.05, 0.1) is 12.2 Å².